The van der Waals surface area contributed by atoms with Crippen LogP contribution in [0.15, 0.2) is 24.3 Å². The Balaban J connectivity index is 0.00000441. The Hall–Kier alpha value is -1.10. The normalized spacial score (nSPS) is 12.4. The molecular formula is C17H28ClNO3. The van der Waals surface area contributed by atoms with Gasteiger partial charge in [-0.15, -0.1) is 12.4 Å². The van der Waals surface area contributed by atoms with Gasteiger partial charge in [0, 0.05) is 18.6 Å². The molecule has 0 radical (unpaired) electrons. The first-order valence-electron chi connectivity index (χ1n) is 7.49. The summed E-state index contributed by atoms with van der Waals surface area (Å²) < 4.78 is 5.62. The van der Waals surface area contributed by atoms with Crippen LogP contribution in [0, 0.1) is 0 Å². The highest BCUT2D eigenvalue weighted by Crippen LogP contribution is 2.18. The van der Waals surface area contributed by atoms with Gasteiger partial charge in [-0.3, -0.25) is 9.69 Å². The second-order valence-electron chi connectivity index (χ2n) is 5.90. The van der Waals surface area contributed by atoms with Gasteiger partial charge in [0.25, 0.3) is 0 Å². The van der Waals surface area contributed by atoms with E-state index < -0.39 is 6.10 Å². The lowest BCUT2D eigenvalue weighted by Gasteiger charge is -2.32. The van der Waals surface area contributed by atoms with Gasteiger partial charge in [-0.2, -0.15) is 0 Å². The van der Waals surface area contributed by atoms with E-state index >= 15 is 0 Å². The van der Waals surface area contributed by atoms with Gasteiger partial charge in [0.1, 0.15) is 18.5 Å². The maximum atomic E-state index is 11.5. The highest BCUT2D eigenvalue weighted by atomic mass is 35.5. The fourth-order valence-electron chi connectivity index (χ4n) is 2.38. The number of ether oxygens (including phenoxy) is 1. The average molecular weight is 330 g/mol. The Labute approximate surface area is 139 Å². The molecular weight excluding hydrogens is 302 g/mol. The van der Waals surface area contributed by atoms with Crippen LogP contribution in [0.2, 0.25) is 0 Å². The molecule has 0 aliphatic rings. The lowest BCUT2D eigenvalue weighted by molar-refractivity contribution is 0.0442. The maximum Gasteiger partial charge on any atom is 0.163 e. The molecule has 0 saturated carbocycles. The van der Waals surface area contributed by atoms with Gasteiger partial charge in [0.05, 0.1) is 5.56 Å². The van der Waals surface area contributed by atoms with Crippen molar-refractivity contribution < 1.29 is 14.6 Å². The number of rotatable bonds is 8. The quantitative estimate of drug-likeness (QED) is 0.744. The van der Waals surface area contributed by atoms with Crippen molar-refractivity contribution in [2.75, 3.05) is 13.2 Å². The Morgan fingerprint density at radius 3 is 2.23 bits per heavy atom. The van der Waals surface area contributed by atoms with Crippen LogP contribution < -0.4 is 4.74 Å². The first-order valence-corrected chi connectivity index (χ1v) is 7.49. The highest BCUT2D eigenvalue weighted by molar-refractivity contribution is 5.96. The minimum atomic E-state index is -0.588. The first kappa shape index (κ1) is 20.9. The van der Waals surface area contributed by atoms with Gasteiger partial charge in [-0.1, -0.05) is 12.1 Å². The van der Waals surface area contributed by atoms with E-state index in [2.05, 4.69) is 32.6 Å². The van der Waals surface area contributed by atoms with E-state index in [9.17, 15) is 9.90 Å². The van der Waals surface area contributed by atoms with Crippen molar-refractivity contribution in [1.29, 1.82) is 0 Å². The van der Waals surface area contributed by atoms with Crippen LogP contribution in [0.4, 0.5) is 0 Å². The van der Waals surface area contributed by atoms with Crippen molar-refractivity contribution in [1.82, 2.24) is 4.90 Å². The zero-order chi connectivity index (χ0) is 16.0. The second kappa shape index (κ2) is 9.82. The number of Topliss-reactive ketones (excluding diaryl/α,β-unsaturated/α-hetero) is 1. The number of ketones is 1. The SMILES string of the molecule is CC(=O)c1ccccc1OCC(O)CN(C(C)C)C(C)C.Cl. The minimum absolute atomic E-state index is 0. The number of nitrogens with zero attached hydrogens (tertiary/aromatic N) is 1. The number of halogens is 1. The molecule has 1 aromatic rings. The van der Waals surface area contributed by atoms with Crippen molar-refractivity contribution in [3.05, 3.63) is 29.8 Å². The molecule has 1 aromatic carbocycles. The zero-order valence-electron chi connectivity index (χ0n) is 14.1. The van der Waals surface area contributed by atoms with E-state index in [1.54, 1.807) is 18.2 Å². The third-order valence-electron chi connectivity index (χ3n) is 3.45. The molecule has 1 unspecified atom stereocenters. The van der Waals surface area contributed by atoms with Gasteiger partial charge in [0.15, 0.2) is 5.78 Å². The van der Waals surface area contributed by atoms with E-state index in [0.29, 0.717) is 29.9 Å². The van der Waals surface area contributed by atoms with Crippen LogP contribution in [0.1, 0.15) is 45.0 Å². The molecule has 1 rings (SSSR count). The molecule has 1 atom stereocenters. The maximum absolute atomic E-state index is 11.5. The summed E-state index contributed by atoms with van der Waals surface area (Å²) in [7, 11) is 0. The predicted octanol–water partition coefficient (Wildman–Crippen LogP) is 3.17. The van der Waals surface area contributed by atoms with Crippen molar-refractivity contribution in [2.45, 2.75) is 52.8 Å². The van der Waals surface area contributed by atoms with Crippen molar-refractivity contribution >= 4 is 18.2 Å². The van der Waals surface area contributed by atoms with Crippen molar-refractivity contribution in [3.8, 4) is 5.75 Å². The molecule has 0 fully saturated rings. The largest absolute Gasteiger partial charge is 0.490 e. The number of para-hydroxylation sites is 1. The van der Waals surface area contributed by atoms with Crippen LogP contribution in [0.25, 0.3) is 0 Å². The minimum Gasteiger partial charge on any atom is -0.490 e. The van der Waals surface area contributed by atoms with Gasteiger partial charge in [-0.05, 0) is 46.8 Å². The molecule has 5 heteroatoms. The Bertz CT molecular complexity index is 455. The topological polar surface area (TPSA) is 49.8 Å². The van der Waals surface area contributed by atoms with E-state index in [1.165, 1.54) is 6.92 Å². The molecule has 1 N–H and O–H groups in total. The summed E-state index contributed by atoms with van der Waals surface area (Å²) in [5, 5.41) is 10.2. The van der Waals surface area contributed by atoms with Crippen LogP contribution in [-0.2, 0) is 0 Å². The summed E-state index contributed by atoms with van der Waals surface area (Å²) in [6.07, 6.45) is -0.588. The number of carbonyl (C=O) groups excluding carboxylic acids is 1. The Kier molecular flexibility index (Phi) is 9.33. The molecule has 126 valence electrons. The number of hydrogen-bond donors (Lipinski definition) is 1. The van der Waals surface area contributed by atoms with Gasteiger partial charge in [0.2, 0.25) is 0 Å². The highest BCUT2D eigenvalue weighted by Gasteiger charge is 2.18. The van der Waals surface area contributed by atoms with E-state index in [0.717, 1.165) is 0 Å². The van der Waals surface area contributed by atoms with Crippen molar-refractivity contribution in [2.24, 2.45) is 0 Å². The summed E-state index contributed by atoms with van der Waals surface area (Å²) in [5.74, 6) is 0.496. The van der Waals surface area contributed by atoms with Gasteiger partial charge in [-0.25, -0.2) is 0 Å². The number of benzene rings is 1. The summed E-state index contributed by atoms with van der Waals surface area (Å²) in [4.78, 5) is 13.7. The molecule has 22 heavy (non-hydrogen) atoms. The molecule has 0 spiro atoms. The Morgan fingerprint density at radius 2 is 1.73 bits per heavy atom. The zero-order valence-corrected chi connectivity index (χ0v) is 14.9. The van der Waals surface area contributed by atoms with Gasteiger partial charge >= 0.3 is 0 Å². The van der Waals surface area contributed by atoms with Crippen LogP contribution in [0.5, 0.6) is 5.75 Å². The smallest absolute Gasteiger partial charge is 0.163 e. The lowest BCUT2D eigenvalue weighted by atomic mass is 10.1. The predicted molar refractivity (Wildman–Crippen MR) is 92.2 cm³/mol. The molecule has 0 amide bonds. The number of aliphatic hydroxyl groups excluding tert-OH is 1. The van der Waals surface area contributed by atoms with Crippen LogP contribution in [-0.4, -0.2) is 47.1 Å². The third-order valence-corrected chi connectivity index (χ3v) is 3.45. The summed E-state index contributed by atoms with van der Waals surface area (Å²) in [5.41, 5.74) is 0.550. The molecule has 0 heterocycles. The van der Waals surface area contributed by atoms with E-state index in [1.807, 2.05) is 6.07 Å². The van der Waals surface area contributed by atoms with Crippen LogP contribution in [0.3, 0.4) is 0 Å². The molecule has 4 nitrogen and oxygen atoms in total. The standard InChI is InChI=1S/C17H27NO3.ClH/c1-12(2)18(13(3)4)10-15(20)11-21-17-9-7-6-8-16(17)14(5)19;/h6-9,12-13,15,20H,10-11H2,1-5H3;1H. The second-order valence-corrected chi connectivity index (χ2v) is 5.90. The summed E-state index contributed by atoms with van der Waals surface area (Å²) in [6.45, 7) is 10.7. The summed E-state index contributed by atoms with van der Waals surface area (Å²) in [6, 6.07) is 7.85. The molecule has 0 bridgehead atoms. The number of hydrogen-bond acceptors (Lipinski definition) is 4. The Morgan fingerprint density at radius 1 is 1.18 bits per heavy atom. The lowest BCUT2D eigenvalue weighted by Crippen LogP contribution is -2.43. The fraction of sp³-hybridized carbons (Fsp3) is 0.588. The third kappa shape index (κ3) is 6.34. The molecule has 0 aromatic heterocycles. The van der Waals surface area contributed by atoms with Gasteiger partial charge < -0.3 is 9.84 Å². The number of carbonyl (C=O) groups is 1. The van der Waals surface area contributed by atoms with Crippen LogP contribution >= 0.6 is 12.4 Å². The first-order chi connectivity index (χ1) is 9.82. The number of aliphatic hydroxyl groups is 1. The van der Waals surface area contributed by atoms with Crippen molar-refractivity contribution in [3.63, 3.8) is 0 Å². The molecule has 0 aliphatic heterocycles. The fourth-order valence-corrected chi connectivity index (χ4v) is 2.38. The average Bonchev–Trinajstić information content (AvgIpc) is 2.42. The molecule has 0 aliphatic carbocycles. The van der Waals surface area contributed by atoms with E-state index in [-0.39, 0.29) is 24.8 Å². The van der Waals surface area contributed by atoms with E-state index in [4.69, 9.17) is 4.74 Å². The monoisotopic (exact) mass is 329 g/mol. The molecule has 0 saturated heterocycles. The summed E-state index contributed by atoms with van der Waals surface area (Å²) >= 11 is 0.